The molecule has 5 nitrogen and oxygen atoms in total. The maximum Gasteiger partial charge on any atom is 0.265 e. The van der Waals surface area contributed by atoms with Crippen molar-refractivity contribution in [2.24, 2.45) is 0 Å². The smallest absolute Gasteiger partial charge is 0.265 e. The second kappa shape index (κ2) is 10.9. The van der Waals surface area contributed by atoms with Gasteiger partial charge >= 0.3 is 0 Å². The van der Waals surface area contributed by atoms with E-state index in [0.29, 0.717) is 0 Å². The summed E-state index contributed by atoms with van der Waals surface area (Å²) in [5.41, 5.74) is 4.88. The van der Waals surface area contributed by atoms with Gasteiger partial charge in [-0.25, -0.2) is 4.40 Å². The number of fused-ring (bicyclic) bond motifs is 5. The topological polar surface area (TPSA) is 52.2 Å². The van der Waals surface area contributed by atoms with Crippen LogP contribution in [-0.4, -0.2) is 24.9 Å². The average molecular weight is 493 g/mol. The van der Waals surface area contributed by atoms with Crippen LogP contribution in [-0.2, 0) is 18.4 Å². The number of rotatable bonds is 11. The Bertz CT molecular complexity index is 1220. The lowest BCUT2D eigenvalue weighted by atomic mass is 9.68. The summed E-state index contributed by atoms with van der Waals surface area (Å²) < 4.78 is 4.23. The number of hydrogen-bond donors (Lipinski definition) is 0. The van der Waals surface area contributed by atoms with Gasteiger partial charge in [-0.1, -0.05) is 101 Å². The maximum atomic E-state index is 14.3. The highest BCUT2D eigenvalue weighted by Crippen LogP contribution is 2.50. The molecule has 0 saturated heterocycles. The van der Waals surface area contributed by atoms with Gasteiger partial charge < -0.3 is 4.57 Å². The zero-order valence-electron chi connectivity index (χ0n) is 21.5. The zero-order chi connectivity index (χ0) is 24.3. The predicted octanol–water partition coefficient (Wildman–Crippen LogP) is 7.18. The number of unbranched alkanes of at least 4 members (excludes halogenated alkanes) is 6. The number of hydrogen-bond acceptors (Lipinski definition) is 4. The minimum absolute atomic E-state index is 0.0482. The molecule has 1 aromatic carbocycles. The number of nitrogens with zero attached hydrogens (tertiary/aromatic N) is 4. The Labute approximate surface area is 213 Å². The summed E-state index contributed by atoms with van der Waals surface area (Å²) in [5.74, 6) is 1.72. The van der Waals surface area contributed by atoms with E-state index in [2.05, 4.69) is 52.9 Å². The van der Waals surface area contributed by atoms with E-state index in [1.807, 2.05) is 4.40 Å². The molecule has 2 heterocycles. The van der Waals surface area contributed by atoms with Crippen molar-refractivity contribution in [2.75, 3.05) is 5.75 Å². The van der Waals surface area contributed by atoms with Crippen LogP contribution in [0.2, 0.25) is 0 Å². The summed E-state index contributed by atoms with van der Waals surface area (Å²) in [6, 6.07) is 8.76. The molecule has 0 aliphatic heterocycles. The summed E-state index contributed by atoms with van der Waals surface area (Å²) in [5, 5.41) is 10.00. The normalized spacial score (nSPS) is 16.2. The van der Waals surface area contributed by atoms with Gasteiger partial charge in [0.2, 0.25) is 5.78 Å². The lowest BCUT2D eigenvalue weighted by molar-refractivity contribution is 0.420. The van der Waals surface area contributed by atoms with E-state index >= 15 is 0 Å². The van der Waals surface area contributed by atoms with Gasteiger partial charge in [-0.15, -0.1) is 10.2 Å². The van der Waals surface area contributed by atoms with Crippen molar-refractivity contribution >= 4 is 17.5 Å². The molecule has 0 radical (unpaired) electrons. The second-order valence-electron chi connectivity index (χ2n) is 10.6. The first-order valence-corrected chi connectivity index (χ1v) is 14.9. The third kappa shape index (κ3) is 4.59. The number of thioether (sulfide) groups is 1. The largest absolute Gasteiger partial charge is 0.309 e. The van der Waals surface area contributed by atoms with E-state index in [-0.39, 0.29) is 11.0 Å². The third-order valence-corrected chi connectivity index (χ3v) is 9.15. The van der Waals surface area contributed by atoms with Gasteiger partial charge in [-0.05, 0) is 37.7 Å². The molecule has 5 rings (SSSR count). The predicted molar refractivity (Wildman–Crippen MR) is 146 cm³/mol. The molecule has 6 heteroatoms. The van der Waals surface area contributed by atoms with E-state index < -0.39 is 0 Å². The minimum atomic E-state index is -0.0482. The van der Waals surface area contributed by atoms with E-state index in [9.17, 15) is 4.79 Å². The molecule has 188 valence electrons. The lowest BCUT2D eigenvalue weighted by Crippen LogP contribution is -2.40. The fourth-order valence-electron chi connectivity index (χ4n) is 6.35. The molecule has 3 aromatic rings. The van der Waals surface area contributed by atoms with Gasteiger partial charge in [-0.3, -0.25) is 4.79 Å². The van der Waals surface area contributed by atoms with Gasteiger partial charge in [0.25, 0.3) is 5.56 Å². The highest BCUT2D eigenvalue weighted by Gasteiger charge is 2.45. The Balaban J connectivity index is 1.66. The molecule has 0 amide bonds. The molecule has 0 unspecified atom stereocenters. The molecule has 1 fully saturated rings. The Morgan fingerprint density at radius 2 is 1.69 bits per heavy atom. The Hall–Kier alpha value is -2.08. The Morgan fingerprint density at radius 3 is 2.46 bits per heavy atom. The summed E-state index contributed by atoms with van der Waals surface area (Å²) in [4.78, 5) is 14.3. The molecular formula is C29H40N4OS. The highest BCUT2D eigenvalue weighted by molar-refractivity contribution is 7.99. The first-order chi connectivity index (χ1) is 17.2. The first-order valence-electron chi connectivity index (χ1n) is 13.9. The van der Waals surface area contributed by atoms with Gasteiger partial charge in [0.1, 0.15) is 0 Å². The van der Waals surface area contributed by atoms with Crippen molar-refractivity contribution in [3.05, 3.63) is 45.7 Å². The third-order valence-electron chi connectivity index (χ3n) is 8.14. The number of aryl methyl sites for hydroxylation is 1. The average Bonchev–Trinajstić information content (AvgIpc) is 3.51. The Morgan fingerprint density at radius 1 is 0.943 bits per heavy atom. The molecule has 0 bridgehead atoms. The van der Waals surface area contributed by atoms with Crippen LogP contribution in [0, 0.1) is 0 Å². The van der Waals surface area contributed by atoms with Gasteiger partial charge in [-0.2, -0.15) is 0 Å². The summed E-state index contributed by atoms with van der Waals surface area (Å²) in [6.45, 7) is 5.38. The molecule has 2 aromatic heterocycles. The second-order valence-corrected chi connectivity index (χ2v) is 11.7. The van der Waals surface area contributed by atoms with Crippen molar-refractivity contribution < 1.29 is 0 Å². The van der Waals surface area contributed by atoms with Crippen molar-refractivity contribution in [1.82, 2.24) is 19.2 Å². The standard InChI is InChI=1S/C29H40N4OS/c1-3-5-7-13-19-32-25-23-16-10-9-15-22(23)21-29(17-11-12-18-29)24(25)26(34)33-27(32)30-31-28(33)35-20-14-8-6-4-2/h9-10,15-16H,3-8,11-14,17-21H2,1-2H3. The molecular weight excluding hydrogens is 452 g/mol. The highest BCUT2D eigenvalue weighted by atomic mass is 32.2. The quantitative estimate of drug-likeness (QED) is 0.210. The van der Waals surface area contributed by atoms with E-state index in [0.717, 1.165) is 66.6 Å². The molecule has 2 aliphatic rings. The first kappa shape index (κ1) is 24.6. The van der Waals surface area contributed by atoms with E-state index in [4.69, 9.17) is 0 Å². The van der Waals surface area contributed by atoms with Crippen LogP contribution in [0.1, 0.15) is 102 Å². The maximum absolute atomic E-state index is 14.3. The Kier molecular flexibility index (Phi) is 7.66. The molecule has 1 spiro atoms. The van der Waals surface area contributed by atoms with E-state index in [1.54, 1.807) is 11.8 Å². The summed E-state index contributed by atoms with van der Waals surface area (Å²) in [7, 11) is 0. The van der Waals surface area contributed by atoms with Crippen LogP contribution in [0.5, 0.6) is 0 Å². The zero-order valence-corrected chi connectivity index (χ0v) is 22.3. The van der Waals surface area contributed by atoms with Gasteiger partial charge in [0, 0.05) is 28.8 Å². The van der Waals surface area contributed by atoms with Crippen molar-refractivity contribution in [1.29, 1.82) is 0 Å². The molecule has 0 atom stereocenters. The van der Waals surface area contributed by atoms with E-state index in [1.165, 1.54) is 62.5 Å². The molecule has 0 N–H and O–H groups in total. The van der Waals surface area contributed by atoms with Crippen molar-refractivity contribution in [2.45, 2.75) is 114 Å². The SMILES string of the molecule is CCCCCCSc1nnc2n(CCCCCC)c3c(c(=O)n12)C1(CCCC1)Cc1ccccc1-3. The monoisotopic (exact) mass is 492 g/mol. The lowest BCUT2D eigenvalue weighted by Gasteiger charge is -2.37. The molecule has 2 aliphatic carbocycles. The fraction of sp³-hybridized carbons (Fsp3) is 0.621. The van der Waals surface area contributed by atoms with Crippen LogP contribution in [0.15, 0.2) is 34.2 Å². The van der Waals surface area contributed by atoms with Crippen LogP contribution >= 0.6 is 11.8 Å². The number of benzene rings is 1. The van der Waals surface area contributed by atoms with Gasteiger partial charge in [0.05, 0.1) is 5.69 Å². The van der Waals surface area contributed by atoms with Crippen molar-refractivity contribution in [3.8, 4) is 11.3 Å². The summed E-state index contributed by atoms with van der Waals surface area (Å²) >= 11 is 1.71. The molecule has 1 saturated carbocycles. The van der Waals surface area contributed by atoms with Crippen molar-refractivity contribution in [3.63, 3.8) is 0 Å². The van der Waals surface area contributed by atoms with Gasteiger partial charge in [0.15, 0.2) is 5.16 Å². The minimum Gasteiger partial charge on any atom is -0.309 e. The van der Waals surface area contributed by atoms with Crippen LogP contribution in [0.25, 0.3) is 17.0 Å². The fourth-order valence-corrected chi connectivity index (χ4v) is 7.28. The summed E-state index contributed by atoms with van der Waals surface area (Å²) in [6.07, 6.45) is 15.2. The van der Waals surface area contributed by atoms with Crippen LogP contribution in [0.3, 0.4) is 0 Å². The van der Waals surface area contributed by atoms with Crippen LogP contribution in [0.4, 0.5) is 0 Å². The van der Waals surface area contributed by atoms with Crippen LogP contribution < -0.4 is 5.56 Å². The molecule has 35 heavy (non-hydrogen) atoms. The number of aromatic nitrogens is 4.